The molecule has 0 unspecified atom stereocenters. The van der Waals surface area contributed by atoms with Gasteiger partial charge in [-0.25, -0.2) is 4.79 Å². The zero-order chi connectivity index (χ0) is 16.9. The van der Waals surface area contributed by atoms with Gasteiger partial charge in [0.2, 0.25) is 0 Å². The standard InChI is InChI=1S/C18H26N4OS/c1-3-16(17-8-10-19-21(17)2)20-18(23)22(15-6-4-5-7-15)12-14-9-11-24-13-14/h8-11,13,15-16H,3-7,12H2,1-2H3,(H,20,23)/t16-/m0/s1. The molecule has 0 spiro atoms. The van der Waals surface area contributed by atoms with E-state index >= 15 is 0 Å². The summed E-state index contributed by atoms with van der Waals surface area (Å²) in [7, 11) is 1.92. The lowest BCUT2D eigenvalue weighted by molar-refractivity contribution is 0.166. The Bertz CT molecular complexity index is 646. The van der Waals surface area contributed by atoms with E-state index in [0.717, 1.165) is 25.0 Å². The van der Waals surface area contributed by atoms with Crippen molar-refractivity contribution in [3.63, 3.8) is 0 Å². The molecule has 2 amide bonds. The van der Waals surface area contributed by atoms with Crippen LogP contribution in [-0.2, 0) is 13.6 Å². The maximum atomic E-state index is 13.0. The third kappa shape index (κ3) is 3.80. The van der Waals surface area contributed by atoms with Gasteiger partial charge < -0.3 is 10.2 Å². The zero-order valence-electron chi connectivity index (χ0n) is 14.4. The van der Waals surface area contributed by atoms with Gasteiger partial charge in [-0.2, -0.15) is 16.4 Å². The molecule has 0 aromatic carbocycles. The molecular formula is C18H26N4OS. The van der Waals surface area contributed by atoms with Crippen LogP contribution in [0.25, 0.3) is 0 Å². The third-order valence-electron chi connectivity index (χ3n) is 4.88. The first-order chi connectivity index (χ1) is 11.7. The van der Waals surface area contributed by atoms with E-state index in [2.05, 4.69) is 34.2 Å². The first kappa shape index (κ1) is 17.0. The highest BCUT2D eigenvalue weighted by Gasteiger charge is 2.28. The summed E-state index contributed by atoms with van der Waals surface area (Å²) in [5, 5.41) is 11.7. The normalized spacial score (nSPS) is 16.2. The van der Waals surface area contributed by atoms with Gasteiger partial charge in [0.05, 0.1) is 11.7 Å². The third-order valence-corrected chi connectivity index (χ3v) is 5.61. The highest BCUT2D eigenvalue weighted by Crippen LogP contribution is 2.26. The van der Waals surface area contributed by atoms with Crippen molar-refractivity contribution in [3.8, 4) is 0 Å². The van der Waals surface area contributed by atoms with Crippen molar-refractivity contribution in [1.29, 1.82) is 0 Å². The minimum atomic E-state index is -0.00335. The molecule has 2 aromatic rings. The van der Waals surface area contributed by atoms with Gasteiger partial charge in [-0.1, -0.05) is 19.8 Å². The summed E-state index contributed by atoms with van der Waals surface area (Å²) in [6, 6.07) is 4.48. The van der Waals surface area contributed by atoms with E-state index in [1.54, 1.807) is 17.5 Å². The Morgan fingerprint density at radius 3 is 2.83 bits per heavy atom. The van der Waals surface area contributed by atoms with Crippen molar-refractivity contribution in [2.75, 3.05) is 0 Å². The molecule has 5 nitrogen and oxygen atoms in total. The first-order valence-electron chi connectivity index (χ1n) is 8.75. The van der Waals surface area contributed by atoms with Crippen LogP contribution in [0, 0.1) is 0 Å². The zero-order valence-corrected chi connectivity index (χ0v) is 15.3. The Morgan fingerprint density at radius 2 is 2.25 bits per heavy atom. The first-order valence-corrected chi connectivity index (χ1v) is 9.69. The molecule has 6 heteroatoms. The Labute approximate surface area is 147 Å². The minimum Gasteiger partial charge on any atom is -0.330 e. The fraction of sp³-hybridized carbons (Fsp3) is 0.556. The van der Waals surface area contributed by atoms with E-state index in [1.807, 2.05) is 22.7 Å². The lowest BCUT2D eigenvalue weighted by Crippen LogP contribution is -2.46. The van der Waals surface area contributed by atoms with E-state index < -0.39 is 0 Å². The summed E-state index contributed by atoms with van der Waals surface area (Å²) < 4.78 is 1.84. The van der Waals surface area contributed by atoms with E-state index in [4.69, 9.17) is 0 Å². The van der Waals surface area contributed by atoms with Crippen molar-refractivity contribution in [1.82, 2.24) is 20.0 Å². The number of nitrogens with one attached hydrogen (secondary N) is 1. The van der Waals surface area contributed by atoms with Crippen molar-refractivity contribution >= 4 is 17.4 Å². The number of aromatic nitrogens is 2. The highest BCUT2D eigenvalue weighted by molar-refractivity contribution is 7.07. The predicted molar refractivity (Wildman–Crippen MR) is 96.9 cm³/mol. The molecule has 1 aliphatic carbocycles. The second kappa shape index (κ2) is 7.83. The maximum Gasteiger partial charge on any atom is 0.318 e. The lowest BCUT2D eigenvalue weighted by Gasteiger charge is -2.31. The molecule has 1 saturated carbocycles. The van der Waals surface area contributed by atoms with Gasteiger partial charge in [0.1, 0.15) is 0 Å². The largest absolute Gasteiger partial charge is 0.330 e. The Kier molecular flexibility index (Phi) is 5.56. The molecule has 0 bridgehead atoms. The molecule has 0 aliphatic heterocycles. The Morgan fingerprint density at radius 1 is 1.46 bits per heavy atom. The summed E-state index contributed by atoms with van der Waals surface area (Å²) in [5.74, 6) is 0. The van der Waals surface area contributed by atoms with Gasteiger partial charge >= 0.3 is 6.03 Å². The molecule has 1 fully saturated rings. The number of hydrogen-bond donors (Lipinski definition) is 1. The quantitative estimate of drug-likeness (QED) is 0.856. The van der Waals surface area contributed by atoms with Crippen LogP contribution in [0.2, 0.25) is 0 Å². The molecule has 2 aromatic heterocycles. The number of nitrogens with zero attached hydrogens (tertiary/aromatic N) is 3. The molecule has 1 N–H and O–H groups in total. The van der Waals surface area contributed by atoms with Gasteiger partial charge in [0.15, 0.2) is 0 Å². The molecule has 0 radical (unpaired) electrons. The molecule has 1 atom stereocenters. The molecule has 1 aliphatic rings. The number of thiophene rings is 1. The monoisotopic (exact) mass is 346 g/mol. The smallest absolute Gasteiger partial charge is 0.318 e. The van der Waals surface area contributed by atoms with Crippen molar-refractivity contribution in [2.45, 2.75) is 57.7 Å². The molecule has 130 valence electrons. The summed E-state index contributed by atoms with van der Waals surface area (Å²) in [4.78, 5) is 15.1. The van der Waals surface area contributed by atoms with E-state index in [1.165, 1.54) is 18.4 Å². The average Bonchev–Trinajstić information content (AvgIpc) is 3.32. The van der Waals surface area contributed by atoms with E-state index in [9.17, 15) is 4.79 Å². The molecule has 3 rings (SSSR count). The molecule has 2 heterocycles. The van der Waals surface area contributed by atoms with Crippen molar-refractivity contribution in [3.05, 3.63) is 40.3 Å². The summed E-state index contributed by atoms with van der Waals surface area (Å²) in [6.07, 6.45) is 7.29. The van der Waals surface area contributed by atoms with Crippen LogP contribution in [0.5, 0.6) is 0 Å². The Hall–Kier alpha value is -1.82. The fourth-order valence-corrected chi connectivity index (χ4v) is 4.16. The fourth-order valence-electron chi connectivity index (χ4n) is 3.50. The van der Waals surface area contributed by atoms with E-state index in [0.29, 0.717) is 12.6 Å². The molecular weight excluding hydrogens is 320 g/mol. The molecule has 24 heavy (non-hydrogen) atoms. The van der Waals surface area contributed by atoms with Gasteiger partial charge in [-0.15, -0.1) is 0 Å². The number of hydrogen-bond acceptors (Lipinski definition) is 3. The van der Waals surface area contributed by atoms with Crippen LogP contribution in [0.1, 0.15) is 56.3 Å². The second-order valence-electron chi connectivity index (χ2n) is 6.49. The second-order valence-corrected chi connectivity index (χ2v) is 7.27. The topological polar surface area (TPSA) is 50.2 Å². The van der Waals surface area contributed by atoms with Crippen LogP contribution in [-0.4, -0.2) is 26.8 Å². The highest BCUT2D eigenvalue weighted by atomic mass is 32.1. The lowest BCUT2D eigenvalue weighted by atomic mass is 10.1. The van der Waals surface area contributed by atoms with Crippen LogP contribution >= 0.6 is 11.3 Å². The van der Waals surface area contributed by atoms with Crippen LogP contribution in [0.3, 0.4) is 0 Å². The number of carbonyl (C=O) groups is 1. The van der Waals surface area contributed by atoms with Crippen LogP contribution in [0.15, 0.2) is 29.1 Å². The number of urea groups is 1. The number of rotatable bonds is 6. The predicted octanol–water partition coefficient (Wildman–Crippen LogP) is 4.09. The summed E-state index contributed by atoms with van der Waals surface area (Å²) in [6.45, 7) is 2.79. The van der Waals surface area contributed by atoms with Gasteiger partial charge in [-0.3, -0.25) is 4.68 Å². The number of amides is 2. The average molecular weight is 347 g/mol. The summed E-state index contributed by atoms with van der Waals surface area (Å²) in [5.41, 5.74) is 2.27. The Balaban J connectivity index is 1.73. The molecule has 0 saturated heterocycles. The van der Waals surface area contributed by atoms with Crippen molar-refractivity contribution in [2.24, 2.45) is 7.05 Å². The maximum absolute atomic E-state index is 13.0. The number of aryl methyl sites for hydroxylation is 1. The van der Waals surface area contributed by atoms with Gasteiger partial charge in [0, 0.05) is 25.8 Å². The van der Waals surface area contributed by atoms with Crippen LogP contribution in [0.4, 0.5) is 4.79 Å². The summed E-state index contributed by atoms with van der Waals surface area (Å²) >= 11 is 1.68. The van der Waals surface area contributed by atoms with Crippen molar-refractivity contribution < 1.29 is 4.79 Å². The minimum absolute atomic E-state index is 0.00335. The SMILES string of the molecule is CC[C@H](NC(=O)N(Cc1ccsc1)C1CCCC1)c1ccnn1C. The van der Waals surface area contributed by atoms with Crippen LogP contribution < -0.4 is 5.32 Å². The van der Waals surface area contributed by atoms with E-state index in [-0.39, 0.29) is 12.1 Å². The van der Waals surface area contributed by atoms with Gasteiger partial charge in [-0.05, 0) is 47.7 Å². The number of carbonyl (C=O) groups excluding carboxylic acids is 1. The van der Waals surface area contributed by atoms with Gasteiger partial charge in [0.25, 0.3) is 0 Å².